The summed E-state index contributed by atoms with van der Waals surface area (Å²) in [6, 6.07) is 4.68. The molecule has 0 aromatic heterocycles. The van der Waals surface area contributed by atoms with Gasteiger partial charge in [-0.05, 0) is 12.1 Å². The fraction of sp³-hybridized carbons (Fsp3) is 0. The maximum atomic E-state index is 10.9. The van der Waals surface area contributed by atoms with Crippen molar-refractivity contribution in [3.05, 3.63) is 30.0 Å². The van der Waals surface area contributed by atoms with Crippen molar-refractivity contribution in [2.24, 2.45) is 0 Å². The Hall–Kier alpha value is -1.97. The van der Waals surface area contributed by atoms with Crippen molar-refractivity contribution >= 4 is 17.2 Å². The molecule has 13 heavy (non-hydrogen) atoms. The summed E-state index contributed by atoms with van der Waals surface area (Å²) in [6.07, 6.45) is 1.55. The molecule has 1 aliphatic rings. The highest BCUT2D eigenvalue weighted by Crippen LogP contribution is 2.29. The fourth-order valence-electron chi connectivity index (χ4n) is 1.18. The zero-order valence-electron chi connectivity index (χ0n) is 6.74. The number of hydrogen-bond donors (Lipinski definition) is 3. The second kappa shape index (κ2) is 2.52. The first-order chi connectivity index (χ1) is 6.18. The van der Waals surface area contributed by atoms with Crippen LogP contribution >= 0.6 is 0 Å². The highest BCUT2D eigenvalue weighted by atomic mass is 16.3. The molecule has 2 rings (SSSR count). The Bertz CT molecular complexity index is 410. The average molecular weight is 176 g/mol. The van der Waals surface area contributed by atoms with E-state index in [4.69, 9.17) is 5.73 Å². The van der Waals surface area contributed by atoms with Crippen molar-refractivity contribution in [1.82, 2.24) is 5.32 Å². The number of carbonyl (C=O) groups excluding carboxylic acids is 1. The van der Waals surface area contributed by atoms with Gasteiger partial charge in [-0.2, -0.15) is 0 Å². The van der Waals surface area contributed by atoms with Crippen molar-refractivity contribution in [1.29, 1.82) is 0 Å². The van der Waals surface area contributed by atoms with Crippen LogP contribution in [0.5, 0.6) is 5.75 Å². The number of nitrogen functional groups attached to an aromatic ring is 1. The van der Waals surface area contributed by atoms with Gasteiger partial charge in [-0.15, -0.1) is 0 Å². The Labute approximate surface area is 74.7 Å². The molecule has 0 fully saturated rings. The molecular weight excluding hydrogens is 168 g/mol. The first-order valence-corrected chi connectivity index (χ1v) is 3.78. The molecule has 0 unspecified atom stereocenters. The largest absolute Gasteiger partial charge is 0.507 e. The zero-order valence-corrected chi connectivity index (χ0v) is 6.74. The first-order valence-electron chi connectivity index (χ1n) is 3.78. The maximum absolute atomic E-state index is 10.9. The van der Waals surface area contributed by atoms with Gasteiger partial charge in [0.1, 0.15) is 5.75 Å². The average Bonchev–Trinajstić information content (AvgIpc) is 2.07. The van der Waals surface area contributed by atoms with Crippen LogP contribution in [-0.2, 0) is 4.79 Å². The van der Waals surface area contributed by atoms with Crippen LogP contribution < -0.4 is 11.1 Å². The first kappa shape index (κ1) is 7.67. The van der Waals surface area contributed by atoms with Gasteiger partial charge >= 0.3 is 0 Å². The van der Waals surface area contributed by atoms with Gasteiger partial charge in [-0.1, -0.05) is 0 Å². The summed E-state index contributed by atoms with van der Waals surface area (Å²) < 4.78 is 0. The van der Waals surface area contributed by atoms with E-state index in [9.17, 15) is 9.90 Å². The van der Waals surface area contributed by atoms with E-state index < -0.39 is 0 Å². The van der Waals surface area contributed by atoms with Crippen molar-refractivity contribution in [3.8, 4) is 5.75 Å². The normalized spacial score (nSPS) is 14.5. The van der Waals surface area contributed by atoms with E-state index >= 15 is 0 Å². The molecule has 0 radical (unpaired) electrons. The third-order valence-corrected chi connectivity index (χ3v) is 1.90. The number of carbonyl (C=O) groups is 1. The predicted octanol–water partition coefficient (Wildman–Crippen LogP) is 0.445. The van der Waals surface area contributed by atoms with E-state index in [2.05, 4.69) is 5.32 Å². The van der Waals surface area contributed by atoms with E-state index in [1.54, 1.807) is 18.3 Å². The number of phenolic OH excluding ortho intramolecular Hbond substituents is 1. The molecule has 1 aromatic carbocycles. The minimum atomic E-state index is -0.180. The van der Waals surface area contributed by atoms with Crippen LogP contribution in [0.3, 0.4) is 0 Å². The molecule has 4 nitrogen and oxygen atoms in total. The highest BCUT2D eigenvalue weighted by molar-refractivity contribution is 6.25. The quantitative estimate of drug-likeness (QED) is 0.543. The molecule has 4 N–H and O–H groups in total. The van der Waals surface area contributed by atoms with Crippen molar-refractivity contribution < 1.29 is 9.90 Å². The Morgan fingerprint density at radius 3 is 2.62 bits per heavy atom. The van der Waals surface area contributed by atoms with Crippen LogP contribution in [0, 0.1) is 0 Å². The molecule has 0 atom stereocenters. The second-order valence-electron chi connectivity index (χ2n) is 2.81. The molecule has 66 valence electrons. The molecular formula is C9H8N2O2. The van der Waals surface area contributed by atoms with Crippen molar-refractivity contribution in [2.45, 2.75) is 0 Å². The maximum Gasteiger partial charge on any atom is 0.257 e. The lowest BCUT2D eigenvalue weighted by atomic mass is 10.0. The topological polar surface area (TPSA) is 75.3 Å². The summed E-state index contributed by atoms with van der Waals surface area (Å²) in [7, 11) is 0. The molecule has 0 bridgehead atoms. The molecule has 0 spiro atoms. The summed E-state index contributed by atoms with van der Waals surface area (Å²) >= 11 is 0. The Balaban J connectivity index is 2.47. The SMILES string of the molecule is Nc1ccc(C2=CNC2=O)c(O)c1. The number of nitrogens with two attached hydrogens (primary N) is 1. The highest BCUT2D eigenvalue weighted by Gasteiger charge is 2.21. The Kier molecular flexibility index (Phi) is 1.48. The second-order valence-corrected chi connectivity index (χ2v) is 2.81. The minimum Gasteiger partial charge on any atom is -0.507 e. The number of aromatic hydroxyl groups is 1. The smallest absolute Gasteiger partial charge is 0.257 e. The van der Waals surface area contributed by atoms with Crippen molar-refractivity contribution in [2.75, 3.05) is 5.73 Å². The van der Waals surface area contributed by atoms with Gasteiger partial charge in [0.2, 0.25) is 0 Å². The molecule has 0 saturated heterocycles. The van der Waals surface area contributed by atoms with Crippen molar-refractivity contribution in [3.63, 3.8) is 0 Å². The number of phenols is 1. The predicted molar refractivity (Wildman–Crippen MR) is 48.6 cm³/mol. The van der Waals surface area contributed by atoms with E-state index in [1.807, 2.05) is 0 Å². The van der Waals surface area contributed by atoms with E-state index in [0.29, 0.717) is 16.8 Å². The summed E-state index contributed by atoms with van der Waals surface area (Å²) in [5, 5.41) is 11.9. The Morgan fingerprint density at radius 2 is 2.15 bits per heavy atom. The number of rotatable bonds is 1. The van der Waals surface area contributed by atoms with Crippen LogP contribution in [-0.4, -0.2) is 11.0 Å². The third-order valence-electron chi connectivity index (χ3n) is 1.90. The van der Waals surface area contributed by atoms with Gasteiger partial charge in [-0.3, -0.25) is 4.79 Å². The molecule has 4 heteroatoms. The zero-order chi connectivity index (χ0) is 9.42. The molecule has 1 aliphatic heterocycles. The summed E-state index contributed by atoms with van der Waals surface area (Å²) in [6.45, 7) is 0. The van der Waals surface area contributed by atoms with E-state index in [1.165, 1.54) is 6.07 Å². The van der Waals surface area contributed by atoms with Gasteiger partial charge in [0.15, 0.2) is 0 Å². The lowest BCUT2D eigenvalue weighted by Gasteiger charge is -2.15. The van der Waals surface area contributed by atoms with E-state index in [0.717, 1.165) is 0 Å². The van der Waals surface area contributed by atoms with Gasteiger partial charge in [0.25, 0.3) is 5.91 Å². The van der Waals surface area contributed by atoms with Crippen LogP contribution in [0.1, 0.15) is 5.56 Å². The number of benzene rings is 1. The number of nitrogens with one attached hydrogen (secondary N) is 1. The lowest BCUT2D eigenvalue weighted by molar-refractivity contribution is -0.116. The number of amides is 1. The standard InChI is InChI=1S/C9H8N2O2/c10-5-1-2-6(8(12)3-5)7-4-11-9(7)13/h1-4,12H,10H2,(H,11,13). The van der Waals surface area contributed by atoms with Crippen LogP contribution in [0.4, 0.5) is 5.69 Å². The van der Waals surface area contributed by atoms with Crippen LogP contribution in [0.2, 0.25) is 0 Å². The Morgan fingerprint density at radius 1 is 1.38 bits per heavy atom. The van der Waals surface area contributed by atoms with Gasteiger partial charge in [0.05, 0.1) is 5.57 Å². The summed E-state index contributed by atoms with van der Waals surface area (Å²) in [4.78, 5) is 10.9. The third kappa shape index (κ3) is 1.12. The fourth-order valence-corrected chi connectivity index (χ4v) is 1.18. The minimum absolute atomic E-state index is 0.0288. The van der Waals surface area contributed by atoms with Crippen LogP contribution in [0.25, 0.3) is 5.57 Å². The van der Waals surface area contributed by atoms with Gasteiger partial charge in [-0.25, -0.2) is 0 Å². The molecule has 0 aliphatic carbocycles. The van der Waals surface area contributed by atoms with Gasteiger partial charge < -0.3 is 16.2 Å². The summed E-state index contributed by atoms with van der Waals surface area (Å²) in [5.74, 6) is -0.152. The number of anilines is 1. The van der Waals surface area contributed by atoms with Gasteiger partial charge in [0, 0.05) is 23.5 Å². The molecule has 1 heterocycles. The number of hydrogen-bond acceptors (Lipinski definition) is 3. The van der Waals surface area contributed by atoms with E-state index in [-0.39, 0.29) is 11.7 Å². The molecule has 1 amide bonds. The van der Waals surface area contributed by atoms with Crippen LogP contribution in [0.15, 0.2) is 24.4 Å². The lowest BCUT2D eigenvalue weighted by Crippen LogP contribution is -2.28. The monoisotopic (exact) mass is 176 g/mol. The summed E-state index contributed by atoms with van der Waals surface area (Å²) in [5.41, 5.74) is 6.91. The molecule has 1 aromatic rings. The molecule has 0 saturated carbocycles.